The maximum atomic E-state index is 11.8. The summed E-state index contributed by atoms with van der Waals surface area (Å²) < 4.78 is 1.35. The summed E-state index contributed by atoms with van der Waals surface area (Å²) in [7, 11) is 1.67. The van der Waals surface area contributed by atoms with Crippen LogP contribution in [0.25, 0.3) is 0 Å². The quantitative estimate of drug-likeness (QED) is 0.589. The molecule has 0 bridgehead atoms. The summed E-state index contributed by atoms with van der Waals surface area (Å²) in [5, 5.41) is 23.2. The Kier molecular flexibility index (Phi) is 3.11. The molecule has 2 heterocycles. The summed E-state index contributed by atoms with van der Waals surface area (Å²) in [6, 6.07) is -0.177. The summed E-state index contributed by atoms with van der Waals surface area (Å²) in [6.07, 6.45) is 0.873. The lowest BCUT2D eigenvalue weighted by atomic mass is 10.2. The van der Waals surface area contributed by atoms with Crippen LogP contribution in [-0.4, -0.2) is 68.4 Å². The number of tetrazole rings is 1. The zero-order valence-corrected chi connectivity index (χ0v) is 8.94. The van der Waals surface area contributed by atoms with Crippen LogP contribution >= 0.6 is 0 Å². The number of carbonyl (C=O) groups excluding carboxylic acids is 1. The molecule has 8 nitrogen and oxygen atoms in total. The van der Waals surface area contributed by atoms with E-state index >= 15 is 0 Å². The number of carbonyl (C=O) groups is 1. The Labute approximate surface area is 92.2 Å². The average Bonchev–Trinajstić information content (AvgIpc) is 2.88. The number of nitrogens with zero attached hydrogens (tertiary/aromatic N) is 5. The standard InChI is InChI=1S/C8H14N6O2/c1-13(6-2-9-3-7(6)15)8(16)4-14-5-10-11-12-14/h5-7,9,15H,2-4H2,1H3/t6-,7-/m0/s1. The van der Waals surface area contributed by atoms with Crippen molar-refractivity contribution in [3.63, 3.8) is 0 Å². The third kappa shape index (κ3) is 2.17. The van der Waals surface area contributed by atoms with Gasteiger partial charge >= 0.3 is 0 Å². The number of β-amino-alcohol motifs (C(OH)–C–C–N with tert-alkyl or cyclic N) is 1. The molecule has 0 spiro atoms. The molecule has 0 radical (unpaired) electrons. The third-order valence-corrected chi connectivity index (χ3v) is 2.73. The molecule has 0 aromatic carbocycles. The Bertz CT molecular complexity index is 353. The average molecular weight is 226 g/mol. The Morgan fingerprint density at radius 2 is 2.50 bits per heavy atom. The van der Waals surface area contributed by atoms with Crippen LogP contribution in [0.3, 0.4) is 0 Å². The molecule has 1 aromatic heterocycles. The molecule has 0 unspecified atom stereocenters. The van der Waals surface area contributed by atoms with Crippen LogP contribution in [-0.2, 0) is 11.3 Å². The molecule has 0 aliphatic carbocycles. The van der Waals surface area contributed by atoms with Gasteiger partial charge in [0.2, 0.25) is 5.91 Å². The molecule has 2 rings (SSSR count). The fraction of sp³-hybridized carbons (Fsp3) is 0.750. The predicted molar refractivity (Wildman–Crippen MR) is 53.3 cm³/mol. The molecule has 1 amide bonds. The first-order chi connectivity index (χ1) is 7.68. The molecule has 1 aliphatic heterocycles. The number of nitrogens with one attached hydrogen (secondary N) is 1. The summed E-state index contributed by atoms with van der Waals surface area (Å²) in [4.78, 5) is 13.3. The second-order valence-corrected chi connectivity index (χ2v) is 3.80. The van der Waals surface area contributed by atoms with E-state index in [2.05, 4.69) is 20.8 Å². The van der Waals surface area contributed by atoms with E-state index in [-0.39, 0.29) is 18.5 Å². The van der Waals surface area contributed by atoms with Crippen LogP contribution < -0.4 is 5.32 Å². The molecule has 88 valence electrons. The highest BCUT2D eigenvalue weighted by molar-refractivity contribution is 5.76. The van der Waals surface area contributed by atoms with Gasteiger partial charge in [-0.2, -0.15) is 0 Å². The normalized spacial score (nSPS) is 24.6. The molecule has 1 fully saturated rings. The second kappa shape index (κ2) is 4.54. The van der Waals surface area contributed by atoms with Crippen molar-refractivity contribution in [1.82, 2.24) is 30.4 Å². The SMILES string of the molecule is CN(C(=O)Cn1cnnn1)[C@H]1CNC[C@@H]1O. The molecule has 8 heteroatoms. The second-order valence-electron chi connectivity index (χ2n) is 3.80. The fourth-order valence-corrected chi connectivity index (χ4v) is 1.73. The van der Waals surface area contributed by atoms with Crippen molar-refractivity contribution in [3.8, 4) is 0 Å². The lowest BCUT2D eigenvalue weighted by Gasteiger charge is -2.26. The first-order valence-electron chi connectivity index (χ1n) is 5.03. The summed E-state index contributed by atoms with van der Waals surface area (Å²) in [5.74, 6) is -0.125. The molecular weight excluding hydrogens is 212 g/mol. The Morgan fingerprint density at radius 3 is 3.06 bits per heavy atom. The van der Waals surface area contributed by atoms with E-state index in [1.54, 1.807) is 7.05 Å². The van der Waals surface area contributed by atoms with Gasteiger partial charge in [0.1, 0.15) is 12.9 Å². The van der Waals surface area contributed by atoms with Crippen LogP contribution in [0, 0.1) is 0 Å². The van der Waals surface area contributed by atoms with Crippen LogP contribution in [0.4, 0.5) is 0 Å². The minimum Gasteiger partial charge on any atom is -0.390 e. The molecule has 2 N–H and O–H groups in total. The number of hydrogen-bond donors (Lipinski definition) is 2. The monoisotopic (exact) mass is 226 g/mol. The highest BCUT2D eigenvalue weighted by atomic mass is 16.3. The van der Waals surface area contributed by atoms with Crippen LogP contribution in [0.2, 0.25) is 0 Å². The summed E-state index contributed by atoms with van der Waals surface area (Å²) in [6.45, 7) is 1.22. The Morgan fingerprint density at radius 1 is 1.69 bits per heavy atom. The molecule has 16 heavy (non-hydrogen) atoms. The predicted octanol–water partition coefficient (Wildman–Crippen LogP) is -2.54. The molecule has 1 aromatic rings. The van der Waals surface area contributed by atoms with E-state index in [0.717, 1.165) is 0 Å². The minimum atomic E-state index is -0.511. The van der Waals surface area contributed by atoms with E-state index < -0.39 is 6.10 Å². The van der Waals surface area contributed by atoms with Gasteiger partial charge in [0.25, 0.3) is 0 Å². The van der Waals surface area contributed by atoms with Gasteiger partial charge in [-0.1, -0.05) is 0 Å². The summed E-state index contributed by atoms with van der Waals surface area (Å²) in [5.41, 5.74) is 0. The first kappa shape index (κ1) is 11.0. The number of rotatable bonds is 3. The van der Waals surface area contributed by atoms with Crippen LogP contribution in [0.1, 0.15) is 0 Å². The van der Waals surface area contributed by atoms with E-state index in [1.165, 1.54) is 15.9 Å². The van der Waals surface area contributed by atoms with Gasteiger partial charge in [-0.25, -0.2) is 4.68 Å². The van der Waals surface area contributed by atoms with Crippen molar-refractivity contribution in [2.75, 3.05) is 20.1 Å². The van der Waals surface area contributed by atoms with Gasteiger partial charge in [0.15, 0.2) is 0 Å². The molecule has 1 saturated heterocycles. The Hall–Kier alpha value is -1.54. The minimum absolute atomic E-state index is 0.0900. The number of aromatic nitrogens is 4. The van der Waals surface area contributed by atoms with Crippen LogP contribution in [0.15, 0.2) is 6.33 Å². The van der Waals surface area contributed by atoms with Crippen molar-refractivity contribution in [2.45, 2.75) is 18.7 Å². The molecular formula is C8H14N6O2. The molecule has 2 atom stereocenters. The van der Waals surface area contributed by atoms with Crippen LogP contribution in [0.5, 0.6) is 0 Å². The smallest absolute Gasteiger partial charge is 0.244 e. The highest BCUT2D eigenvalue weighted by Crippen LogP contribution is 2.07. The van der Waals surface area contributed by atoms with E-state index in [0.29, 0.717) is 13.1 Å². The molecule has 1 aliphatic rings. The Balaban J connectivity index is 1.94. The summed E-state index contributed by atoms with van der Waals surface area (Å²) >= 11 is 0. The van der Waals surface area contributed by atoms with Gasteiger partial charge in [0, 0.05) is 20.1 Å². The topological polar surface area (TPSA) is 96.2 Å². The van der Waals surface area contributed by atoms with Gasteiger partial charge in [-0.05, 0) is 10.4 Å². The third-order valence-electron chi connectivity index (χ3n) is 2.73. The fourth-order valence-electron chi connectivity index (χ4n) is 1.73. The van der Waals surface area contributed by atoms with Crippen molar-refractivity contribution in [2.24, 2.45) is 0 Å². The maximum absolute atomic E-state index is 11.8. The van der Waals surface area contributed by atoms with Crippen molar-refractivity contribution < 1.29 is 9.90 Å². The zero-order chi connectivity index (χ0) is 11.5. The van der Waals surface area contributed by atoms with Crippen molar-refractivity contribution in [3.05, 3.63) is 6.33 Å². The van der Waals surface area contributed by atoms with Crippen molar-refractivity contribution >= 4 is 5.91 Å². The first-order valence-corrected chi connectivity index (χ1v) is 5.03. The highest BCUT2D eigenvalue weighted by Gasteiger charge is 2.31. The van der Waals surface area contributed by atoms with Gasteiger partial charge in [-0.3, -0.25) is 4.79 Å². The number of likely N-dealkylation sites (N-methyl/N-ethyl adjacent to an activating group) is 1. The van der Waals surface area contributed by atoms with Gasteiger partial charge in [0.05, 0.1) is 12.1 Å². The number of hydrogen-bond acceptors (Lipinski definition) is 6. The van der Waals surface area contributed by atoms with Crippen molar-refractivity contribution in [1.29, 1.82) is 0 Å². The lowest BCUT2D eigenvalue weighted by molar-refractivity contribution is -0.134. The zero-order valence-electron chi connectivity index (χ0n) is 8.94. The van der Waals surface area contributed by atoms with E-state index in [4.69, 9.17) is 0 Å². The van der Waals surface area contributed by atoms with E-state index in [9.17, 15) is 9.90 Å². The van der Waals surface area contributed by atoms with Gasteiger partial charge in [-0.15, -0.1) is 5.10 Å². The van der Waals surface area contributed by atoms with E-state index in [1.807, 2.05) is 0 Å². The molecule has 0 saturated carbocycles. The lowest BCUT2D eigenvalue weighted by Crippen LogP contribution is -2.45. The number of aliphatic hydroxyl groups excluding tert-OH is 1. The number of aliphatic hydroxyl groups is 1. The largest absolute Gasteiger partial charge is 0.390 e. The number of amides is 1. The maximum Gasteiger partial charge on any atom is 0.244 e. The van der Waals surface area contributed by atoms with Gasteiger partial charge < -0.3 is 15.3 Å².